The van der Waals surface area contributed by atoms with Gasteiger partial charge in [-0.2, -0.15) is 0 Å². The molecule has 2 rings (SSSR count). The van der Waals surface area contributed by atoms with E-state index in [1.807, 2.05) is 39.8 Å². The summed E-state index contributed by atoms with van der Waals surface area (Å²) in [6.07, 6.45) is 0. The van der Waals surface area contributed by atoms with Gasteiger partial charge >= 0.3 is 0 Å². The minimum atomic E-state index is -0.215. The molecule has 118 valence electrons. The summed E-state index contributed by atoms with van der Waals surface area (Å²) in [4.78, 5) is 11.9. The van der Waals surface area contributed by atoms with Gasteiger partial charge in [0.05, 0.1) is 12.2 Å². The number of hydrogen-bond acceptors (Lipinski definition) is 4. The number of benzene rings is 1. The van der Waals surface area contributed by atoms with E-state index in [2.05, 4.69) is 15.8 Å². The highest BCUT2D eigenvalue weighted by atomic mass is 35.5. The highest BCUT2D eigenvalue weighted by molar-refractivity contribution is 6.31. The third kappa shape index (κ3) is 4.24. The van der Waals surface area contributed by atoms with Crippen molar-refractivity contribution in [1.29, 1.82) is 0 Å². The molecule has 0 aliphatic carbocycles. The molecule has 0 saturated carbocycles. The number of nitrogens with zero attached hydrogens (tertiary/aromatic N) is 1. The summed E-state index contributed by atoms with van der Waals surface area (Å²) in [5.41, 5.74) is 2.46. The Labute approximate surface area is 135 Å². The summed E-state index contributed by atoms with van der Waals surface area (Å²) in [5.74, 6) is 0.131. The van der Waals surface area contributed by atoms with Crippen LogP contribution in [-0.2, 0) is 10.2 Å². The molecular weight excluding hydrogens is 302 g/mol. The molecule has 5 nitrogen and oxygen atoms in total. The maximum absolute atomic E-state index is 11.9. The topological polar surface area (TPSA) is 67.2 Å². The Bertz CT molecular complexity index is 674. The Morgan fingerprint density at radius 1 is 1.32 bits per heavy atom. The molecule has 1 aromatic heterocycles. The van der Waals surface area contributed by atoms with Gasteiger partial charge in [0.15, 0.2) is 0 Å². The van der Waals surface area contributed by atoms with Crippen LogP contribution in [0.15, 0.2) is 28.8 Å². The first kappa shape index (κ1) is 16.4. The van der Waals surface area contributed by atoms with Crippen LogP contribution in [0.25, 0.3) is 0 Å². The number of nitrogens with one attached hydrogen (secondary N) is 2. The molecule has 0 aliphatic rings. The van der Waals surface area contributed by atoms with E-state index in [9.17, 15) is 4.79 Å². The standard InChI is InChI=1S/C16H20ClN3O2/c1-10-5-6-11(7-12(10)17)18-9-14(21)19-15-8-13(20-22-15)16(2,3)4/h5-8,18H,9H2,1-4H3,(H,19,21). The highest BCUT2D eigenvalue weighted by Crippen LogP contribution is 2.23. The van der Waals surface area contributed by atoms with Gasteiger partial charge in [-0.15, -0.1) is 0 Å². The lowest BCUT2D eigenvalue weighted by Gasteiger charge is -2.12. The first-order valence-corrected chi connectivity index (χ1v) is 7.40. The van der Waals surface area contributed by atoms with Gasteiger partial charge in [0, 0.05) is 22.2 Å². The number of amides is 1. The number of rotatable bonds is 4. The van der Waals surface area contributed by atoms with E-state index in [1.165, 1.54) is 0 Å². The molecule has 22 heavy (non-hydrogen) atoms. The molecule has 0 unspecified atom stereocenters. The Balaban J connectivity index is 1.90. The smallest absolute Gasteiger partial charge is 0.246 e. The fourth-order valence-electron chi connectivity index (χ4n) is 1.75. The summed E-state index contributed by atoms with van der Waals surface area (Å²) in [7, 11) is 0. The number of halogens is 1. The third-order valence-corrected chi connectivity index (χ3v) is 3.57. The van der Waals surface area contributed by atoms with Crippen LogP contribution in [0.5, 0.6) is 0 Å². The Hall–Kier alpha value is -2.01. The van der Waals surface area contributed by atoms with Gasteiger partial charge in [-0.3, -0.25) is 10.1 Å². The van der Waals surface area contributed by atoms with Crippen molar-refractivity contribution in [3.05, 3.63) is 40.5 Å². The Morgan fingerprint density at radius 3 is 2.64 bits per heavy atom. The molecule has 0 saturated heterocycles. The fourth-order valence-corrected chi connectivity index (χ4v) is 1.93. The largest absolute Gasteiger partial charge is 0.376 e. The molecule has 0 radical (unpaired) electrons. The zero-order valence-corrected chi connectivity index (χ0v) is 13.9. The van der Waals surface area contributed by atoms with E-state index in [1.54, 1.807) is 12.1 Å². The molecule has 6 heteroatoms. The number of hydrogen-bond donors (Lipinski definition) is 2. The van der Waals surface area contributed by atoms with Crippen molar-refractivity contribution in [3.63, 3.8) is 0 Å². The van der Waals surface area contributed by atoms with Crippen LogP contribution < -0.4 is 10.6 Å². The van der Waals surface area contributed by atoms with E-state index >= 15 is 0 Å². The van der Waals surface area contributed by atoms with Gasteiger partial charge in [0.1, 0.15) is 0 Å². The van der Waals surface area contributed by atoms with Crippen LogP contribution in [0.4, 0.5) is 11.6 Å². The minimum Gasteiger partial charge on any atom is -0.376 e. The van der Waals surface area contributed by atoms with Crippen LogP contribution in [0.3, 0.4) is 0 Å². The zero-order valence-electron chi connectivity index (χ0n) is 13.2. The minimum absolute atomic E-state index is 0.116. The Morgan fingerprint density at radius 2 is 2.05 bits per heavy atom. The van der Waals surface area contributed by atoms with Crippen molar-refractivity contribution in [1.82, 2.24) is 5.16 Å². The zero-order chi connectivity index (χ0) is 16.3. The second kappa shape index (κ2) is 6.40. The Kier molecular flexibility index (Phi) is 4.76. The number of aromatic nitrogens is 1. The predicted molar refractivity (Wildman–Crippen MR) is 88.5 cm³/mol. The average Bonchev–Trinajstić information content (AvgIpc) is 2.88. The summed E-state index contributed by atoms with van der Waals surface area (Å²) in [6.45, 7) is 8.12. The quantitative estimate of drug-likeness (QED) is 0.893. The van der Waals surface area contributed by atoms with Crippen molar-refractivity contribution in [2.24, 2.45) is 0 Å². The number of aryl methyl sites for hydroxylation is 1. The summed E-state index contributed by atoms with van der Waals surface area (Å²) >= 11 is 6.04. The van der Waals surface area contributed by atoms with E-state index in [-0.39, 0.29) is 17.9 Å². The van der Waals surface area contributed by atoms with Crippen molar-refractivity contribution >= 4 is 29.1 Å². The SMILES string of the molecule is Cc1ccc(NCC(=O)Nc2cc(C(C)(C)C)no2)cc1Cl. The van der Waals surface area contributed by atoms with Crippen molar-refractivity contribution in [2.75, 3.05) is 17.2 Å². The van der Waals surface area contributed by atoms with Crippen molar-refractivity contribution in [3.8, 4) is 0 Å². The maximum atomic E-state index is 11.9. The van der Waals surface area contributed by atoms with Gasteiger partial charge in [-0.1, -0.05) is 43.6 Å². The first-order valence-electron chi connectivity index (χ1n) is 7.03. The highest BCUT2D eigenvalue weighted by Gasteiger charge is 2.19. The molecule has 2 aromatic rings. The van der Waals surface area contributed by atoms with Gasteiger partial charge in [-0.25, -0.2) is 0 Å². The van der Waals surface area contributed by atoms with Crippen molar-refractivity contribution in [2.45, 2.75) is 33.1 Å². The number of carbonyl (C=O) groups is 1. The number of carbonyl (C=O) groups excluding carboxylic acids is 1. The fraction of sp³-hybridized carbons (Fsp3) is 0.375. The summed E-state index contributed by atoms with van der Waals surface area (Å²) in [5, 5.41) is 10.3. The van der Waals surface area contributed by atoms with E-state index in [0.29, 0.717) is 10.9 Å². The van der Waals surface area contributed by atoms with Crippen LogP contribution in [0, 0.1) is 6.92 Å². The third-order valence-electron chi connectivity index (χ3n) is 3.17. The molecule has 0 atom stereocenters. The van der Waals surface area contributed by atoms with Gasteiger partial charge in [-0.05, 0) is 24.6 Å². The van der Waals surface area contributed by atoms with Crippen molar-refractivity contribution < 1.29 is 9.32 Å². The lowest BCUT2D eigenvalue weighted by Crippen LogP contribution is -2.21. The van der Waals surface area contributed by atoms with E-state index in [0.717, 1.165) is 16.9 Å². The normalized spacial score (nSPS) is 11.3. The van der Waals surface area contributed by atoms with Crippen LogP contribution >= 0.6 is 11.6 Å². The molecular formula is C16H20ClN3O2. The lowest BCUT2D eigenvalue weighted by atomic mass is 9.92. The second-order valence-electron chi connectivity index (χ2n) is 6.19. The molecule has 0 spiro atoms. The van der Waals surface area contributed by atoms with Crippen LogP contribution in [0.1, 0.15) is 32.0 Å². The molecule has 0 aliphatic heterocycles. The molecule has 0 bridgehead atoms. The van der Waals surface area contributed by atoms with Gasteiger partial charge in [0.25, 0.3) is 0 Å². The first-order chi connectivity index (χ1) is 10.3. The predicted octanol–water partition coefficient (Wildman–Crippen LogP) is 3.98. The summed E-state index contributed by atoms with van der Waals surface area (Å²) < 4.78 is 5.12. The maximum Gasteiger partial charge on any atom is 0.246 e. The van der Waals surface area contributed by atoms with Gasteiger partial charge in [0.2, 0.25) is 11.8 Å². The average molecular weight is 322 g/mol. The number of anilines is 2. The lowest BCUT2D eigenvalue weighted by molar-refractivity contribution is -0.114. The molecule has 2 N–H and O–H groups in total. The van der Waals surface area contributed by atoms with E-state index < -0.39 is 0 Å². The van der Waals surface area contributed by atoms with Crippen LogP contribution in [0.2, 0.25) is 5.02 Å². The molecule has 0 fully saturated rings. The molecule has 1 heterocycles. The molecule has 1 amide bonds. The second-order valence-corrected chi connectivity index (χ2v) is 6.60. The molecule has 1 aromatic carbocycles. The van der Waals surface area contributed by atoms with Crippen LogP contribution in [-0.4, -0.2) is 17.6 Å². The van der Waals surface area contributed by atoms with E-state index in [4.69, 9.17) is 16.1 Å². The van der Waals surface area contributed by atoms with Gasteiger partial charge < -0.3 is 9.84 Å². The summed E-state index contributed by atoms with van der Waals surface area (Å²) in [6, 6.07) is 7.30. The monoisotopic (exact) mass is 321 g/mol.